The fourth-order valence-electron chi connectivity index (χ4n) is 3.22. The van der Waals surface area contributed by atoms with Crippen LogP contribution < -0.4 is 11.1 Å². The molecule has 0 bridgehead atoms. The van der Waals surface area contributed by atoms with Crippen molar-refractivity contribution in [3.05, 3.63) is 47.8 Å². The average Bonchev–Trinajstić information content (AvgIpc) is 3.02. The largest absolute Gasteiger partial charge is 0.383 e. The van der Waals surface area contributed by atoms with Crippen LogP contribution in [0.5, 0.6) is 0 Å². The molecule has 3 rings (SSSR count). The zero-order chi connectivity index (χ0) is 20.4. The van der Waals surface area contributed by atoms with Crippen LogP contribution in [-0.4, -0.2) is 35.2 Å². The Labute approximate surface area is 163 Å². The Bertz CT molecular complexity index is 1010. The van der Waals surface area contributed by atoms with Gasteiger partial charge in [0.15, 0.2) is 0 Å². The van der Waals surface area contributed by atoms with E-state index in [-0.39, 0.29) is 24.4 Å². The minimum atomic E-state index is -0.732. The lowest BCUT2D eigenvalue weighted by Crippen LogP contribution is -2.39. The third-order valence-electron chi connectivity index (χ3n) is 4.59. The Morgan fingerprint density at radius 3 is 2.68 bits per heavy atom. The molecule has 1 atom stereocenters. The maximum absolute atomic E-state index is 13.7. The fourth-order valence-corrected chi connectivity index (χ4v) is 3.22. The molecule has 7 heteroatoms. The van der Waals surface area contributed by atoms with Crippen molar-refractivity contribution in [3.63, 3.8) is 0 Å². The number of nitrogens with two attached hydrogens (primary N) is 1. The van der Waals surface area contributed by atoms with Crippen LogP contribution in [-0.2, 0) is 9.53 Å². The van der Waals surface area contributed by atoms with Gasteiger partial charge >= 0.3 is 0 Å². The van der Waals surface area contributed by atoms with Crippen LogP contribution in [0.3, 0.4) is 0 Å². The first kappa shape index (κ1) is 20.0. The molecule has 0 saturated carbocycles. The molecule has 2 aromatic carbocycles. The summed E-state index contributed by atoms with van der Waals surface area (Å²) < 4.78 is 20.7. The van der Waals surface area contributed by atoms with E-state index in [4.69, 9.17) is 15.5 Å². The van der Waals surface area contributed by atoms with Crippen LogP contribution in [0.25, 0.3) is 22.4 Å². The number of halogens is 1. The van der Waals surface area contributed by atoms with Crippen molar-refractivity contribution in [1.82, 2.24) is 9.55 Å². The number of aryl methyl sites for hydroxylation is 1. The number of ether oxygens (including phenoxy) is 1. The topological polar surface area (TPSA) is 82.2 Å². The Morgan fingerprint density at radius 1 is 1.29 bits per heavy atom. The second-order valence-electron chi connectivity index (χ2n) is 7.11. The highest BCUT2D eigenvalue weighted by molar-refractivity contribution is 5.95. The quantitative estimate of drug-likeness (QED) is 0.680. The lowest BCUT2D eigenvalue weighted by Gasteiger charge is -2.16. The number of hydrogen-bond donors (Lipinski definition) is 2. The number of hydrogen-bond acceptors (Lipinski definition) is 4. The lowest BCUT2D eigenvalue weighted by molar-refractivity contribution is -0.118. The molecule has 0 spiro atoms. The number of fused-ring (bicyclic) bond motifs is 1. The summed E-state index contributed by atoms with van der Waals surface area (Å²) in [5, 5.41) is 2.82. The normalized spacial score (nSPS) is 12.5. The number of nitrogens with zero attached hydrogens (tertiary/aromatic N) is 2. The number of amides is 1. The fraction of sp³-hybridized carbons (Fsp3) is 0.333. The van der Waals surface area contributed by atoms with E-state index in [1.54, 1.807) is 6.07 Å². The summed E-state index contributed by atoms with van der Waals surface area (Å²) in [6.45, 7) is 6.13. The van der Waals surface area contributed by atoms with E-state index in [0.29, 0.717) is 5.69 Å². The van der Waals surface area contributed by atoms with E-state index in [1.165, 1.54) is 19.2 Å². The van der Waals surface area contributed by atoms with Crippen LogP contribution in [0.1, 0.15) is 25.5 Å². The smallest absolute Gasteiger partial charge is 0.243 e. The van der Waals surface area contributed by atoms with Gasteiger partial charge in [0.25, 0.3) is 0 Å². The van der Waals surface area contributed by atoms with Gasteiger partial charge in [-0.25, -0.2) is 9.37 Å². The number of methoxy groups -OCH3 is 1. The highest BCUT2D eigenvalue weighted by Gasteiger charge is 2.18. The molecule has 0 saturated heterocycles. The molecular weight excluding hydrogens is 359 g/mol. The Hall–Kier alpha value is -2.77. The van der Waals surface area contributed by atoms with Crippen LogP contribution in [0.15, 0.2) is 36.4 Å². The van der Waals surface area contributed by atoms with Crippen molar-refractivity contribution in [2.75, 3.05) is 19.0 Å². The SMILES string of the molecule is COCC(N)C(=O)Nc1ccc(-c2nc3ccc(F)cc3n2C(C)C)cc1C. The molecular formula is C21H25FN4O2. The van der Waals surface area contributed by atoms with Gasteiger partial charge in [-0.15, -0.1) is 0 Å². The van der Waals surface area contributed by atoms with Crippen LogP contribution in [0.2, 0.25) is 0 Å². The van der Waals surface area contributed by atoms with E-state index < -0.39 is 6.04 Å². The Kier molecular flexibility index (Phi) is 5.76. The number of aromatic nitrogens is 2. The third kappa shape index (κ3) is 3.90. The lowest BCUT2D eigenvalue weighted by atomic mass is 10.1. The van der Waals surface area contributed by atoms with E-state index in [1.807, 2.05) is 43.5 Å². The summed E-state index contributed by atoms with van der Waals surface area (Å²) in [6.07, 6.45) is 0. The number of carbonyl (C=O) groups excluding carboxylic acids is 1. The number of carbonyl (C=O) groups is 1. The van der Waals surface area contributed by atoms with Crippen LogP contribution >= 0.6 is 0 Å². The molecule has 28 heavy (non-hydrogen) atoms. The van der Waals surface area contributed by atoms with Gasteiger partial charge in [0.05, 0.1) is 17.6 Å². The monoisotopic (exact) mass is 384 g/mol. The van der Waals surface area contributed by atoms with Crippen LogP contribution in [0, 0.1) is 12.7 Å². The number of nitrogens with one attached hydrogen (secondary N) is 1. The first-order valence-corrected chi connectivity index (χ1v) is 9.15. The zero-order valence-corrected chi connectivity index (χ0v) is 16.5. The number of rotatable bonds is 6. The number of anilines is 1. The van der Waals surface area contributed by atoms with Gasteiger partial charge in [-0.05, 0) is 62.7 Å². The van der Waals surface area contributed by atoms with Crippen molar-refractivity contribution in [2.24, 2.45) is 5.73 Å². The summed E-state index contributed by atoms with van der Waals surface area (Å²) in [5.41, 5.74) is 9.72. The van der Waals surface area contributed by atoms with E-state index in [0.717, 1.165) is 28.0 Å². The van der Waals surface area contributed by atoms with Gasteiger partial charge in [0.2, 0.25) is 5.91 Å². The molecule has 148 valence electrons. The molecule has 1 unspecified atom stereocenters. The molecule has 0 fully saturated rings. The summed E-state index contributed by atoms with van der Waals surface area (Å²) in [4.78, 5) is 16.8. The molecule has 3 N–H and O–H groups in total. The van der Waals surface area contributed by atoms with Gasteiger partial charge in [0.1, 0.15) is 17.7 Å². The zero-order valence-electron chi connectivity index (χ0n) is 16.5. The van der Waals surface area contributed by atoms with Crippen molar-refractivity contribution in [1.29, 1.82) is 0 Å². The number of imidazole rings is 1. The third-order valence-corrected chi connectivity index (χ3v) is 4.59. The Balaban J connectivity index is 1.98. The first-order chi connectivity index (χ1) is 13.3. The second-order valence-corrected chi connectivity index (χ2v) is 7.11. The molecule has 0 aliphatic carbocycles. The predicted octanol–water partition coefficient (Wildman–Crippen LogP) is 3.64. The maximum atomic E-state index is 13.7. The predicted molar refractivity (Wildman–Crippen MR) is 109 cm³/mol. The summed E-state index contributed by atoms with van der Waals surface area (Å²) in [6, 6.07) is 9.65. The molecule has 0 aliphatic rings. The summed E-state index contributed by atoms with van der Waals surface area (Å²) >= 11 is 0. The standard InChI is InChI=1S/C21H25FN4O2/c1-12(2)26-19-10-15(22)6-8-18(19)24-20(26)14-5-7-17(13(3)9-14)25-21(27)16(23)11-28-4/h5-10,12,16H,11,23H2,1-4H3,(H,25,27). The van der Waals surface area contributed by atoms with Crippen LogP contribution in [0.4, 0.5) is 10.1 Å². The molecule has 6 nitrogen and oxygen atoms in total. The minimum absolute atomic E-state index is 0.105. The molecule has 1 heterocycles. The highest BCUT2D eigenvalue weighted by atomic mass is 19.1. The van der Waals surface area contributed by atoms with Gasteiger partial charge in [-0.2, -0.15) is 0 Å². The van der Waals surface area contributed by atoms with Crippen molar-refractivity contribution in [2.45, 2.75) is 32.9 Å². The van der Waals surface area contributed by atoms with Gasteiger partial charge in [-0.1, -0.05) is 0 Å². The molecule has 0 aliphatic heterocycles. The second kappa shape index (κ2) is 8.08. The Morgan fingerprint density at radius 2 is 2.04 bits per heavy atom. The van der Waals surface area contributed by atoms with Gasteiger partial charge in [-0.3, -0.25) is 4.79 Å². The van der Waals surface area contributed by atoms with Gasteiger partial charge < -0.3 is 20.4 Å². The first-order valence-electron chi connectivity index (χ1n) is 9.15. The van der Waals surface area contributed by atoms with Crippen molar-refractivity contribution < 1.29 is 13.9 Å². The minimum Gasteiger partial charge on any atom is -0.383 e. The number of benzene rings is 2. The highest BCUT2D eigenvalue weighted by Crippen LogP contribution is 2.31. The summed E-state index contributed by atoms with van der Waals surface area (Å²) in [5.74, 6) is 0.165. The van der Waals surface area contributed by atoms with Crippen molar-refractivity contribution in [3.8, 4) is 11.4 Å². The summed E-state index contributed by atoms with van der Waals surface area (Å²) in [7, 11) is 1.50. The maximum Gasteiger partial charge on any atom is 0.243 e. The average molecular weight is 384 g/mol. The van der Waals surface area contributed by atoms with E-state index in [2.05, 4.69) is 5.32 Å². The van der Waals surface area contributed by atoms with Crippen molar-refractivity contribution >= 4 is 22.6 Å². The van der Waals surface area contributed by atoms with E-state index in [9.17, 15) is 9.18 Å². The molecule has 3 aromatic rings. The van der Waals surface area contributed by atoms with Gasteiger partial charge in [0, 0.05) is 24.4 Å². The van der Waals surface area contributed by atoms with E-state index >= 15 is 0 Å². The molecule has 1 amide bonds. The molecule has 1 aromatic heterocycles. The molecule has 0 radical (unpaired) electrons.